The number of aliphatic hydroxyl groups excluding tert-OH is 1. The number of hydrogen-bond acceptors (Lipinski definition) is 4. The zero-order valence-electron chi connectivity index (χ0n) is 20.9. The van der Waals surface area contributed by atoms with Crippen LogP contribution in [0.3, 0.4) is 0 Å². The summed E-state index contributed by atoms with van der Waals surface area (Å²) in [5.74, 6) is 3.10. The molecule has 34 heavy (non-hydrogen) atoms. The normalized spacial score (nSPS) is 46.2. The van der Waals surface area contributed by atoms with Crippen molar-refractivity contribution in [3.63, 3.8) is 0 Å². The van der Waals surface area contributed by atoms with Crippen LogP contribution >= 0.6 is 0 Å². The van der Waals surface area contributed by atoms with Crippen LogP contribution in [0.15, 0.2) is 22.8 Å². The third-order valence-corrected chi connectivity index (χ3v) is 11.3. The van der Waals surface area contributed by atoms with Gasteiger partial charge in [-0.15, -0.1) is 0 Å². The highest BCUT2D eigenvalue weighted by Gasteiger charge is 2.58. The van der Waals surface area contributed by atoms with Crippen molar-refractivity contribution in [1.29, 1.82) is 0 Å². The summed E-state index contributed by atoms with van der Waals surface area (Å²) in [4.78, 5) is 14.7. The number of allylic oxidation sites excluding steroid dienone is 3. The summed E-state index contributed by atoms with van der Waals surface area (Å²) in [6, 6.07) is 0.468. The fourth-order valence-electron chi connectivity index (χ4n) is 9.60. The van der Waals surface area contributed by atoms with E-state index in [9.17, 15) is 9.90 Å². The second kappa shape index (κ2) is 8.85. The minimum atomic E-state index is -0.0226. The summed E-state index contributed by atoms with van der Waals surface area (Å²) >= 11 is 0. The second-order valence-electron chi connectivity index (χ2n) is 12.6. The van der Waals surface area contributed by atoms with Gasteiger partial charge in [0.05, 0.1) is 18.3 Å². The van der Waals surface area contributed by atoms with E-state index in [1.807, 2.05) is 6.08 Å². The lowest BCUT2D eigenvalue weighted by Gasteiger charge is -2.48. The number of aliphatic hydroxyl groups is 1. The number of nitrogens with zero attached hydrogens (tertiary/aromatic N) is 1. The van der Waals surface area contributed by atoms with Crippen LogP contribution in [0.4, 0.5) is 0 Å². The fraction of sp³-hybridized carbons (Fsp3) is 0.833. The summed E-state index contributed by atoms with van der Waals surface area (Å²) in [6.07, 6.45) is 13.7. The first kappa shape index (κ1) is 24.7. The maximum Gasteiger partial charge on any atom is 0.155 e. The predicted molar refractivity (Wildman–Crippen MR) is 136 cm³/mol. The van der Waals surface area contributed by atoms with E-state index in [-0.39, 0.29) is 25.0 Å². The molecule has 2 saturated heterocycles. The summed E-state index contributed by atoms with van der Waals surface area (Å²) in [5.41, 5.74) is 5.06. The molecule has 4 nitrogen and oxygen atoms in total. The van der Waals surface area contributed by atoms with Crippen LogP contribution in [-0.2, 0) is 9.53 Å². The Hall–Kier alpha value is -0.970. The first-order valence-corrected chi connectivity index (χ1v) is 13.8. The van der Waals surface area contributed by atoms with Crippen molar-refractivity contribution in [2.45, 2.75) is 110 Å². The number of likely N-dealkylation sites (tertiary alicyclic amines) is 1. The summed E-state index contributed by atoms with van der Waals surface area (Å²) < 4.78 is 7.05. The van der Waals surface area contributed by atoms with Gasteiger partial charge in [0.2, 0.25) is 0 Å². The van der Waals surface area contributed by atoms with E-state index in [0.717, 1.165) is 56.5 Å². The number of fused-ring (bicyclic) bond motifs is 6. The molecule has 190 valence electrons. The highest BCUT2D eigenvalue weighted by atomic mass is 16.5. The number of β-amino-alcohol motifs (C(OH)–C–C–N with tert-alkyl or cyclic N) is 1. The van der Waals surface area contributed by atoms with E-state index >= 15 is 0 Å². The smallest absolute Gasteiger partial charge is 0.155 e. The van der Waals surface area contributed by atoms with Crippen molar-refractivity contribution in [1.82, 2.24) is 4.90 Å². The average molecular weight is 470 g/mol. The number of ketones is 1. The molecule has 0 amide bonds. The monoisotopic (exact) mass is 469 g/mol. The van der Waals surface area contributed by atoms with Crippen LogP contribution in [0.5, 0.6) is 0 Å². The molecule has 2 aliphatic heterocycles. The van der Waals surface area contributed by atoms with E-state index in [2.05, 4.69) is 25.7 Å². The van der Waals surface area contributed by atoms with Crippen LogP contribution in [0.25, 0.3) is 0 Å². The van der Waals surface area contributed by atoms with E-state index in [4.69, 9.17) is 4.74 Å². The van der Waals surface area contributed by atoms with E-state index in [1.165, 1.54) is 44.1 Å². The highest BCUT2D eigenvalue weighted by molar-refractivity contribution is 5.91. The lowest BCUT2D eigenvalue weighted by Crippen LogP contribution is -2.50. The molecule has 4 aliphatic carbocycles. The lowest BCUT2D eigenvalue weighted by atomic mass is 9.56. The number of hydrogen-bond donors (Lipinski definition) is 1. The van der Waals surface area contributed by atoms with Gasteiger partial charge in [0, 0.05) is 24.9 Å². The van der Waals surface area contributed by atoms with Gasteiger partial charge < -0.3 is 9.84 Å². The quantitative estimate of drug-likeness (QED) is 0.528. The summed E-state index contributed by atoms with van der Waals surface area (Å²) in [7, 11) is 0. The maximum atomic E-state index is 12.1. The number of carbonyl (C=O) groups excluding carboxylic acids is 1. The summed E-state index contributed by atoms with van der Waals surface area (Å²) in [5, 5.41) is 9.64. The van der Waals surface area contributed by atoms with Crippen molar-refractivity contribution in [3.05, 3.63) is 22.8 Å². The van der Waals surface area contributed by atoms with Crippen LogP contribution in [0.1, 0.15) is 92.4 Å². The van der Waals surface area contributed by atoms with Gasteiger partial charge in [0.25, 0.3) is 0 Å². The highest BCUT2D eigenvalue weighted by Crippen LogP contribution is 2.64. The van der Waals surface area contributed by atoms with Gasteiger partial charge in [-0.1, -0.05) is 38.0 Å². The molecule has 0 aromatic heterocycles. The first-order valence-electron chi connectivity index (χ1n) is 13.8. The van der Waals surface area contributed by atoms with E-state index < -0.39 is 0 Å². The molecule has 2 heterocycles. The number of ether oxygens (including phenoxy) is 1. The predicted octanol–water partition coefficient (Wildman–Crippen LogP) is 5.70. The molecule has 8 unspecified atom stereocenters. The van der Waals surface area contributed by atoms with Gasteiger partial charge >= 0.3 is 0 Å². The molecule has 6 aliphatic rings. The zero-order chi connectivity index (χ0) is 23.0. The van der Waals surface area contributed by atoms with Gasteiger partial charge in [-0.2, -0.15) is 0 Å². The largest absolute Gasteiger partial charge is 0.395 e. The Morgan fingerprint density at radius 3 is 2.82 bits per heavy atom. The van der Waals surface area contributed by atoms with Crippen LogP contribution < -0.4 is 0 Å². The molecular weight excluding hydrogens is 422 g/mol. The minimum Gasteiger partial charge on any atom is -0.395 e. The van der Waals surface area contributed by atoms with Crippen LogP contribution in [-0.4, -0.2) is 53.2 Å². The van der Waals surface area contributed by atoms with E-state index in [1.54, 1.807) is 11.1 Å². The number of piperidine rings is 1. The summed E-state index contributed by atoms with van der Waals surface area (Å²) in [6.45, 7) is 9.48. The molecule has 2 saturated carbocycles. The van der Waals surface area contributed by atoms with Crippen molar-refractivity contribution < 1.29 is 14.6 Å². The number of carbonyl (C=O) groups is 1. The van der Waals surface area contributed by atoms with Gasteiger partial charge in [-0.25, -0.2) is 0 Å². The molecule has 4 heteroatoms. The molecule has 1 spiro atoms. The molecule has 6 rings (SSSR count). The van der Waals surface area contributed by atoms with Gasteiger partial charge in [0.15, 0.2) is 5.78 Å². The molecule has 0 aromatic rings. The Labute approximate surface area is 207 Å². The first-order chi connectivity index (χ1) is 15.9. The Kier molecular flexibility index (Phi) is 6.43. The van der Waals surface area contributed by atoms with Crippen LogP contribution in [0, 0.1) is 29.1 Å². The zero-order valence-corrected chi connectivity index (χ0v) is 20.9. The number of rotatable bonds is 2. The van der Waals surface area contributed by atoms with Crippen molar-refractivity contribution in [3.8, 4) is 0 Å². The Bertz CT molecular complexity index is 889. The van der Waals surface area contributed by atoms with Gasteiger partial charge in [-0.3, -0.25) is 9.69 Å². The second-order valence-corrected chi connectivity index (χ2v) is 12.6. The molecule has 4 fully saturated rings. The molecule has 0 radical (unpaired) electrons. The third-order valence-electron chi connectivity index (χ3n) is 11.3. The Balaban J connectivity index is 0.00000241. The minimum absolute atomic E-state index is 0. The van der Waals surface area contributed by atoms with Crippen molar-refractivity contribution >= 4 is 5.78 Å². The Morgan fingerprint density at radius 1 is 1.21 bits per heavy atom. The molecular formula is C30H47NO3. The van der Waals surface area contributed by atoms with Gasteiger partial charge in [0.1, 0.15) is 0 Å². The van der Waals surface area contributed by atoms with E-state index in [0.29, 0.717) is 23.8 Å². The molecule has 1 N–H and O–H groups in total. The van der Waals surface area contributed by atoms with Crippen LogP contribution in [0.2, 0.25) is 0 Å². The SMILES string of the molecule is C.CC1=C2CC3C(CCC4=CC(=O)CCC43C)C2CCC2(C1)OC1CCCN(CCO)C1C2C. The van der Waals surface area contributed by atoms with Crippen molar-refractivity contribution in [2.75, 3.05) is 19.7 Å². The topological polar surface area (TPSA) is 49.8 Å². The standard InChI is InChI=1S/C29H43NO3.CH4/c1-18-17-29(19(2)27-26(33-29)5-4-12-30(27)13-14-31)11-9-22-23-7-6-20-15-21(32)8-10-28(20,3)25(23)16-24(18)22;/h15,19,22-23,25-27,31H,4-14,16-17H2,1-3H3;1H4. The fourth-order valence-corrected chi connectivity index (χ4v) is 9.60. The molecule has 0 aromatic carbocycles. The maximum absolute atomic E-state index is 12.1. The van der Waals surface area contributed by atoms with Gasteiger partial charge in [-0.05, 0) is 101 Å². The molecule has 0 bridgehead atoms. The average Bonchev–Trinajstić information content (AvgIpc) is 3.26. The molecule has 8 atom stereocenters. The third kappa shape index (κ3) is 3.53. The van der Waals surface area contributed by atoms with Crippen molar-refractivity contribution in [2.24, 2.45) is 29.1 Å². The Morgan fingerprint density at radius 2 is 2.03 bits per heavy atom. The lowest BCUT2D eigenvalue weighted by molar-refractivity contribution is -0.116.